The van der Waals surface area contributed by atoms with Crippen LogP contribution in [0, 0.1) is 0 Å². The van der Waals surface area contributed by atoms with Gasteiger partial charge in [0, 0.05) is 0 Å². The minimum atomic E-state index is 1.10. The highest BCUT2D eigenvalue weighted by Gasteiger charge is 1.99. The molecule has 88 valence electrons. The summed E-state index contributed by atoms with van der Waals surface area (Å²) < 4.78 is 0. The van der Waals surface area contributed by atoms with Gasteiger partial charge in [-0.25, -0.2) is 0 Å². The zero-order valence-electron chi connectivity index (χ0n) is 10.7. The Hall–Kier alpha value is -1.56. The SMILES string of the molecule is CCCc1ccc(-c2cccc(CC)c2)cc1. The first-order valence-corrected chi connectivity index (χ1v) is 6.51. The molecule has 17 heavy (non-hydrogen) atoms. The van der Waals surface area contributed by atoms with Gasteiger partial charge in [-0.2, -0.15) is 0 Å². The second kappa shape index (κ2) is 5.67. The maximum absolute atomic E-state index is 2.29. The van der Waals surface area contributed by atoms with E-state index in [0.717, 1.165) is 6.42 Å². The molecule has 0 nitrogen and oxygen atoms in total. The number of aryl methyl sites for hydroxylation is 2. The molecular weight excluding hydrogens is 204 g/mol. The van der Waals surface area contributed by atoms with E-state index in [1.807, 2.05) is 0 Å². The predicted molar refractivity (Wildman–Crippen MR) is 75.3 cm³/mol. The Bertz CT molecular complexity index is 466. The highest BCUT2D eigenvalue weighted by molar-refractivity contribution is 5.64. The third-order valence-corrected chi connectivity index (χ3v) is 3.16. The van der Waals surface area contributed by atoms with Gasteiger partial charge < -0.3 is 0 Å². The van der Waals surface area contributed by atoms with E-state index < -0.39 is 0 Å². The molecule has 2 rings (SSSR count). The van der Waals surface area contributed by atoms with Crippen molar-refractivity contribution >= 4 is 0 Å². The average Bonchev–Trinajstić information content (AvgIpc) is 2.40. The van der Waals surface area contributed by atoms with Gasteiger partial charge in [0.25, 0.3) is 0 Å². The number of hydrogen-bond donors (Lipinski definition) is 0. The molecule has 0 aliphatic rings. The zero-order chi connectivity index (χ0) is 12.1. The van der Waals surface area contributed by atoms with Gasteiger partial charge in [0.1, 0.15) is 0 Å². The van der Waals surface area contributed by atoms with Gasteiger partial charge in [-0.05, 0) is 35.1 Å². The van der Waals surface area contributed by atoms with E-state index in [1.165, 1.54) is 35.1 Å². The summed E-state index contributed by atoms with van der Waals surface area (Å²) in [5.41, 5.74) is 5.48. The molecule has 0 atom stereocenters. The fourth-order valence-electron chi connectivity index (χ4n) is 2.12. The zero-order valence-corrected chi connectivity index (χ0v) is 10.7. The molecule has 0 unspecified atom stereocenters. The minimum absolute atomic E-state index is 1.10. The van der Waals surface area contributed by atoms with Gasteiger partial charge in [0.05, 0.1) is 0 Å². The van der Waals surface area contributed by atoms with E-state index in [4.69, 9.17) is 0 Å². The largest absolute Gasteiger partial charge is 0.0651 e. The molecule has 0 saturated carbocycles. The number of rotatable bonds is 4. The van der Waals surface area contributed by atoms with Crippen LogP contribution in [0.15, 0.2) is 48.5 Å². The summed E-state index contributed by atoms with van der Waals surface area (Å²) in [6, 6.07) is 17.8. The number of hydrogen-bond acceptors (Lipinski definition) is 0. The van der Waals surface area contributed by atoms with Crippen molar-refractivity contribution in [2.24, 2.45) is 0 Å². The van der Waals surface area contributed by atoms with Crippen molar-refractivity contribution in [1.29, 1.82) is 0 Å². The predicted octanol–water partition coefficient (Wildman–Crippen LogP) is 4.87. The van der Waals surface area contributed by atoms with Crippen LogP contribution in [-0.2, 0) is 12.8 Å². The van der Waals surface area contributed by atoms with E-state index in [-0.39, 0.29) is 0 Å². The first kappa shape index (κ1) is 11.9. The van der Waals surface area contributed by atoms with E-state index in [1.54, 1.807) is 0 Å². The van der Waals surface area contributed by atoms with E-state index in [0.29, 0.717) is 0 Å². The first-order chi connectivity index (χ1) is 8.33. The summed E-state index contributed by atoms with van der Waals surface area (Å²) in [6.07, 6.45) is 3.49. The molecule has 0 aliphatic carbocycles. The molecule has 0 spiro atoms. The van der Waals surface area contributed by atoms with Crippen LogP contribution in [-0.4, -0.2) is 0 Å². The average molecular weight is 224 g/mol. The van der Waals surface area contributed by atoms with Crippen LogP contribution in [0.5, 0.6) is 0 Å². The third-order valence-electron chi connectivity index (χ3n) is 3.16. The van der Waals surface area contributed by atoms with Gasteiger partial charge in [-0.15, -0.1) is 0 Å². The van der Waals surface area contributed by atoms with Crippen LogP contribution in [0.3, 0.4) is 0 Å². The van der Waals surface area contributed by atoms with E-state index in [9.17, 15) is 0 Å². The smallest absolute Gasteiger partial charge is 0.0181 e. The highest BCUT2D eigenvalue weighted by atomic mass is 14.0. The molecule has 0 fully saturated rings. The number of benzene rings is 2. The molecule has 0 aromatic heterocycles. The van der Waals surface area contributed by atoms with Gasteiger partial charge >= 0.3 is 0 Å². The summed E-state index contributed by atoms with van der Waals surface area (Å²) in [5.74, 6) is 0. The second-order valence-corrected chi connectivity index (χ2v) is 4.50. The minimum Gasteiger partial charge on any atom is -0.0651 e. The first-order valence-electron chi connectivity index (χ1n) is 6.51. The molecule has 0 radical (unpaired) electrons. The molecule has 2 aromatic rings. The van der Waals surface area contributed by atoms with Crippen LogP contribution >= 0.6 is 0 Å². The normalized spacial score (nSPS) is 10.5. The molecule has 0 bridgehead atoms. The summed E-state index contributed by atoms with van der Waals surface area (Å²) in [4.78, 5) is 0. The molecule has 0 saturated heterocycles. The van der Waals surface area contributed by atoms with Crippen molar-refractivity contribution in [3.8, 4) is 11.1 Å². The summed E-state index contributed by atoms with van der Waals surface area (Å²) in [5, 5.41) is 0. The monoisotopic (exact) mass is 224 g/mol. The standard InChI is InChI=1S/C17H20/c1-3-6-15-9-11-16(12-10-15)17-8-5-7-14(4-2)13-17/h5,7-13H,3-4,6H2,1-2H3. The molecule has 0 aliphatic heterocycles. The molecule has 0 N–H and O–H groups in total. The Morgan fingerprint density at radius 2 is 1.53 bits per heavy atom. The van der Waals surface area contributed by atoms with Crippen LogP contribution in [0.1, 0.15) is 31.4 Å². The van der Waals surface area contributed by atoms with Gasteiger partial charge in [-0.1, -0.05) is 68.8 Å². The molecule has 0 amide bonds. The quantitative estimate of drug-likeness (QED) is 0.695. The van der Waals surface area contributed by atoms with E-state index >= 15 is 0 Å². The van der Waals surface area contributed by atoms with Crippen molar-refractivity contribution < 1.29 is 0 Å². The Labute approximate surface area is 104 Å². The molecular formula is C17H20. The Kier molecular flexibility index (Phi) is 3.98. The summed E-state index contributed by atoms with van der Waals surface area (Å²) >= 11 is 0. The lowest BCUT2D eigenvalue weighted by Crippen LogP contribution is -1.85. The second-order valence-electron chi connectivity index (χ2n) is 4.50. The van der Waals surface area contributed by atoms with Crippen LogP contribution in [0.25, 0.3) is 11.1 Å². The van der Waals surface area contributed by atoms with Gasteiger partial charge in [-0.3, -0.25) is 0 Å². The van der Waals surface area contributed by atoms with Gasteiger partial charge in [0.15, 0.2) is 0 Å². The van der Waals surface area contributed by atoms with Crippen molar-refractivity contribution in [2.45, 2.75) is 33.1 Å². The Morgan fingerprint density at radius 3 is 2.18 bits per heavy atom. The maximum Gasteiger partial charge on any atom is -0.0181 e. The van der Waals surface area contributed by atoms with Crippen molar-refractivity contribution in [3.05, 3.63) is 59.7 Å². The van der Waals surface area contributed by atoms with Crippen LogP contribution in [0.4, 0.5) is 0 Å². The van der Waals surface area contributed by atoms with Gasteiger partial charge in [0.2, 0.25) is 0 Å². The maximum atomic E-state index is 2.29. The third kappa shape index (κ3) is 2.97. The molecule has 2 aromatic carbocycles. The molecule has 0 heteroatoms. The summed E-state index contributed by atoms with van der Waals surface area (Å²) in [6.45, 7) is 4.42. The highest BCUT2D eigenvalue weighted by Crippen LogP contribution is 2.21. The van der Waals surface area contributed by atoms with Crippen LogP contribution < -0.4 is 0 Å². The van der Waals surface area contributed by atoms with Crippen molar-refractivity contribution in [3.63, 3.8) is 0 Å². The lowest BCUT2D eigenvalue weighted by atomic mass is 10.00. The summed E-state index contributed by atoms with van der Waals surface area (Å²) in [7, 11) is 0. The molecule has 0 heterocycles. The van der Waals surface area contributed by atoms with Crippen LogP contribution in [0.2, 0.25) is 0 Å². The topological polar surface area (TPSA) is 0 Å². The fraction of sp³-hybridized carbons (Fsp3) is 0.294. The van der Waals surface area contributed by atoms with Crippen molar-refractivity contribution in [1.82, 2.24) is 0 Å². The fourth-order valence-corrected chi connectivity index (χ4v) is 2.12. The van der Waals surface area contributed by atoms with E-state index in [2.05, 4.69) is 62.4 Å². The Balaban J connectivity index is 2.26. The lowest BCUT2D eigenvalue weighted by molar-refractivity contribution is 0.922. The Morgan fingerprint density at radius 1 is 0.765 bits per heavy atom. The lowest BCUT2D eigenvalue weighted by Gasteiger charge is -2.05. The van der Waals surface area contributed by atoms with Crippen molar-refractivity contribution in [2.75, 3.05) is 0 Å².